The molecule has 0 bridgehead atoms. The first-order valence-corrected chi connectivity index (χ1v) is 6.10. The number of alkyl halides is 2. The summed E-state index contributed by atoms with van der Waals surface area (Å²) in [7, 11) is 0. The molecular formula is C10H12Br2. The van der Waals surface area contributed by atoms with Crippen LogP contribution in [0.1, 0.15) is 22.9 Å². The molecule has 0 heterocycles. The first-order chi connectivity index (χ1) is 5.77. The Labute approximate surface area is 90.6 Å². The van der Waals surface area contributed by atoms with Crippen LogP contribution < -0.4 is 0 Å². The second kappa shape index (κ2) is 5.03. The van der Waals surface area contributed by atoms with Gasteiger partial charge in [0.1, 0.15) is 0 Å². The van der Waals surface area contributed by atoms with Crippen molar-refractivity contribution in [2.45, 2.75) is 18.2 Å². The maximum atomic E-state index is 3.60. The lowest BCUT2D eigenvalue weighted by atomic mass is 10.1. The molecule has 1 rings (SSSR count). The summed E-state index contributed by atoms with van der Waals surface area (Å²) in [4.78, 5) is 0.434. The molecule has 0 N–H and O–H groups in total. The fraction of sp³-hybridized carbons (Fsp3) is 0.400. The van der Waals surface area contributed by atoms with Crippen molar-refractivity contribution in [1.82, 2.24) is 0 Å². The number of hydrogen-bond acceptors (Lipinski definition) is 0. The molecule has 0 aliphatic carbocycles. The first kappa shape index (κ1) is 10.3. The number of halogens is 2. The molecule has 0 radical (unpaired) electrons. The van der Waals surface area contributed by atoms with Crippen LogP contribution in [0, 0.1) is 0 Å². The zero-order valence-electron chi connectivity index (χ0n) is 7.06. The lowest BCUT2D eigenvalue weighted by Gasteiger charge is -2.07. The van der Waals surface area contributed by atoms with Gasteiger partial charge in [-0.2, -0.15) is 0 Å². The molecule has 0 fully saturated rings. The van der Waals surface area contributed by atoms with E-state index in [4.69, 9.17) is 0 Å². The van der Waals surface area contributed by atoms with Gasteiger partial charge in [0, 0.05) is 10.2 Å². The Morgan fingerprint density at radius 3 is 2.75 bits per heavy atom. The molecule has 0 spiro atoms. The summed E-state index contributed by atoms with van der Waals surface area (Å²) in [5.74, 6) is 0. The highest BCUT2D eigenvalue weighted by atomic mass is 79.9. The van der Waals surface area contributed by atoms with Crippen molar-refractivity contribution in [3.05, 3.63) is 35.4 Å². The predicted molar refractivity (Wildman–Crippen MR) is 61.3 cm³/mol. The maximum absolute atomic E-state index is 3.60. The number of rotatable bonds is 3. The summed E-state index contributed by atoms with van der Waals surface area (Å²) in [5, 5.41) is 0.958. The molecule has 0 saturated carbocycles. The zero-order chi connectivity index (χ0) is 8.97. The number of aryl methyl sites for hydroxylation is 1. The Hall–Kier alpha value is 0.180. The fourth-order valence-corrected chi connectivity index (χ4v) is 1.76. The third-order valence-corrected chi connectivity index (χ3v) is 4.23. The summed E-state index contributed by atoms with van der Waals surface area (Å²) in [5.41, 5.74) is 2.75. The second-order valence-electron chi connectivity index (χ2n) is 2.72. The van der Waals surface area contributed by atoms with Crippen LogP contribution in [0.5, 0.6) is 0 Å². The molecule has 1 aromatic rings. The quantitative estimate of drug-likeness (QED) is 0.736. The summed E-state index contributed by atoms with van der Waals surface area (Å²) < 4.78 is 0. The van der Waals surface area contributed by atoms with Crippen LogP contribution in [0.3, 0.4) is 0 Å². The molecule has 0 amide bonds. The molecule has 1 atom stereocenters. The van der Waals surface area contributed by atoms with Crippen molar-refractivity contribution >= 4 is 31.9 Å². The SMILES string of the molecule is CCc1cccc(C(Br)CBr)c1. The van der Waals surface area contributed by atoms with Crippen LogP contribution in [0.2, 0.25) is 0 Å². The predicted octanol–water partition coefficient (Wildman–Crippen LogP) is 4.08. The third-order valence-electron chi connectivity index (χ3n) is 1.86. The molecule has 0 nitrogen and oxygen atoms in total. The van der Waals surface area contributed by atoms with E-state index in [0.717, 1.165) is 11.8 Å². The van der Waals surface area contributed by atoms with Crippen molar-refractivity contribution in [3.63, 3.8) is 0 Å². The van der Waals surface area contributed by atoms with E-state index in [9.17, 15) is 0 Å². The highest BCUT2D eigenvalue weighted by molar-refractivity contribution is 9.12. The molecular weight excluding hydrogens is 280 g/mol. The molecule has 0 aliphatic rings. The topological polar surface area (TPSA) is 0 Å². The lowest BCUT2D eigenvalue weighted by Crippen LogP contribution is -1.91. The van der Waals surface area contributed by atoms with Crippen molar-refractivity contribution < 1.29 is 0 Å². The van der Waals surface area contributed by atoms with E-state index < -0.39 is 0 Å². The van der Waals surface area contributed by atoms with E-state index in [2.05, 4.69) is 63.0 Å². The van der Waals surface area contributed by atoms with Crippen LogP contribution in [-0.4, -0.2) is 5.33 Å². The molecule has 12 heavy (non-hydrogen) atoms. The summed E-state index contributed by atoms with van der Waals surface area (Å²) in [6.07, 6.45) is 1.11. The van der Waals surface area contributed by atoms with Crippen LogP contribution >= 0.6 is 31.9 Å². The van der Waals surface area contributed by atoms with Gasteiger partial charge in [0.25, 0.3) is 0 Å². The van der Waals surface area contributed by atoms with Gasteiger partial charge in [0.2, 0.25) is 0 Å². The monoisotopic (exact) mass is 290 g/mol. The first-order valence-electron chi connectivity index (χ1n) is 4.06. The Morgan fingerprint density at radius 2 is 2.17 bits per heavy atom. The largest absolute Gasteiger partial charge is 0.0912 e. The van der Waals surface area contributed by atoms with Gasteiger partial charge in [-0.25, -0.2) is 0 Å². The van der Waals surface area contributed by atoms with Gasteiger partial charge in [-0.3, -0.25) is 0 Å². The minimum Gasteiger partial charge on any atom is -0.0912 e. The van der Waals surface area contributed by atoms with Gasteiger partial charge in [-0.05, 0) is 17.5 Å². The molecule has 66 valence electrons. The van der Waals surface area contributed by atoms with Crippen molar-refractivity contribution in [2.75, 3.05) is 5.33 Å². The number of hydrogen-bond donors (Lipinski definition) is 0. The van der Waals surface area contributed by atoms with Gasteiger partial charge < -0.3 is 0 Å². The zero-order valence-corrected chi connectivity index (χ0v) is 10.2. The highest BCUT2D eigenvalue weighted by Crippen LogP contribution is 2.25. The Bertz CT molecular complexity index is 245. The minimum atomic E-state index is 0.434. The standard InChI is InChI=1S/C10H12Br2/c1-2-8-4-3-5-9(6-8)10(12)7-11/h3-6,10H,2,7H2,1H3. The fourth-order valence-electron chi connectivity index (χ4n) is 1.10. The smallest absolute Gasteiger partial charge is 0.0492 e. The average molecular weight is 292 g/mol. The van der Waals surface area contributed by atoms with E-state index in [1.165, 1.54) is 11.1 Å². The van der Waals surface area contributed by atoms with Gasteiger partial charge in [-0.1, -0.05) is 63.0 Å². The summed E-state index contributed by atoms with van der Waals surface area (Å²) in [6, 6.07) is 8.68. The molecule has 0 aliphatic heterocycles. The second-order valence-corrected chi connectivity index (χ2v) is 4.47. The average Bonchev–Trinajstić information content (AvgIpc) is 2.17. The van der Waals surface area contributed by atoms with Crippen molar-refractivity contribution in [3.8, 4) is 0 Å². The number of benzene rings is 1. The Kier molecular flexibility index (Phi) is 4.30. The molecule has 0 saturated heterocycles. The van der Waals surface area contributed by atoms with Crippen LogP contribution in [0.4, 0.5) is 0 Å². The summed E-state index contributed by atoms with van der Waals surface area (Å²) >= 11 is 7.05. The summed E-state index contributed by atoms with van der Waals surface area (Å²) in [6.45, 7) is 2.18. The van der Waals surface area contributed by atoms with Crippen molar-refractivity contribution in [1.29, 1.82) is 0 Å². The van der Waals surface area contributed by atoms with Crippen LogP contribution in [0.15, 0.2) is 24.3 Å². The molecule has 1 unspecified atom stereocenters. The van der Waals surface area contributed by atoms with Crippen molar-refractivity contribution in [2.24, 2.45) is 0 Å². The normalized spacial score (nSPS) is 12.9. The molecule has 0 aromatic heterocycles. The highest BCUT2D eigenvalue weighted by Gasteiger charge is 2.04. The minimum absolute atomic E-state index is 0.434. The van der Waals surface area contributed by atoms with Gasteiger partial charge in [0.15, 0.2) is 0 Å². The van der Waals surface area contributed by atoms with E-state index in [1.807, 2.05) is 0 Å². The Morgan fingerprint density at radius 1 is 1.42 bits per heavy atom. The van der Waals surface area contributed by atoms with E-state index in [1.54, 1.807) is 0 Å². The van der Waals surface area contributed by atoms with Gasteiger partial charge >= 0.3 is 0 Å². The third kappa shape index (κ3) is 2.60. The van der Waals surface area contributed by atoms with Crippen LogP contribution in [0.25, 0.3) is 0 Å². The lowest BCUT2D eigenvalue weighted by molar-refractivity contribution is 1.09. The van der Waals surface area contributed by atoms with E-state index >= 15 is 0 Å². The van der Waals surface area contributed by atoms with E-state index in [0.29, 0.717) is 4.83 Å². The molecule has 2 heteroatoms. The van der Waals surface area contributed by atoms with Crippen LogP contribution in [-0.2, 0) is 6.42 Å². The molecule has 1 aromatic carbocycles. The maximum Gasteiger partial charge on any atom is 0.0492 e. The van der Waals surface area contributed by atoms with Gasteiger partial charge in [0.05, 0.1) is 0 Å². The van der Waals surface area contributed by atoms with Gasteiger partial charge in [-0.15, -0.1) is 0 Å². The van der Waals surface area contributed by atoms with E-state index in [-0.39, 0.29) is 0 Å². The Balaban J connectivity index is 2.86.